The van der Waals surface area contributed by atoms with Crippen LogP contribution in [0.5, 0.6) is 0 Å². The Bertz CT molecular complexity index is 2180. The standard InChI is InChI=1S/C57H90N10O22/c68-44(8-1-9-45(69)59-23-5-33-83-37-41-87-43-39-85-35-7-29-65-50(74)14-15-51(65)75)58-22-4-32-82-36-40-86-42-38-84-34-6-28-64(30-20-48(72)62-26-24-60-46(70)10-2-12-56(80)88-66-52(76)16-17-53(66)77)31-21-49(73)63-27-25-61-47(71)11-3-13-57(81)89-67-54(78)18-19-55(67)79/h14-15H,1-13,16-43H2,(H,58,68)(H,59,69)(H,60,70)(H,61,71)(H,62,72)(H,63,73). The van der Waals surface area contributed by atoms with E-state index in [1.165, 1.54) is 17.1 Å². The van der Waals surface area contributed by atoms with Crippen molar-refractivity contribution in [2.45, 2.75) is 122 Å². The lowest BCUT2D eigenvalue weighted by Crippen LogP contribution is -2.38. The molecule has 12 amide bonds. The summed E-state index contributed by atoms with van der Waals surface area (Å²) in [6, 6.07) is 0. The molecule has 0 aromatic heterocycles. The third-order valence-electron chi connectivity index (χ3n) is 13.0. The fraction of sp³-hybridized carbons (Fsp3) is 0.719. The molecule has 0 aliphatic carbocycles. The average Bonchev–Trinajstić information content (AvgIpc) is 3.41. The Morgan fingerprint density at radius 1 is 0.337 bits per heavy atom. The zero-order chi connectivity index (χ0) is 64.7. The topological polar surface area (TPSA) is 398 Å². The van der Waals surface area contributed by atoms with E-state index in [4.69, 9.17) is 38.1 Å². The van der Waals surface area contributed by atoms with E-state index in [1.807, 2.05) is 4.90 Å². The molecule has 0 bridgehead atoms. The van der Waals surface area contributed by atoms with Crippen LogP contribution >= 0.6 is 0 Å². The van der Waals surface area contributed by atoms with E-state index in [0.717, 1.165) is 0 Å². The number of nitrogens with one attached hydrogen (secondary N) is 6. The molecule has 89 heavy (non-hydrogen) atoms. The van der Waals surface area contributed by atoms with E-state index in [-0.39, 0.29) is 163 Å². The van der Waals surface area contributed by atoms with Crippen molar-refractivity contribution in [2.75, 3.05) is 145 Å². The van der Waals surface area contributed by atoms with Crippen LogP contribution in [0.25, 0.3) is 0 Å². The van der Waals surface area contributed by atoms with E-state index in [2.05, 4.69) is 31.9 Å². The first kappa shape index (κ1) is 75.9. The lowest BCUT2D eigenvalue weighted by molar-refractivity contribution is -0.197. The number of rotatable bonds is 54. The van der Waals surface area contributed by atoms with Crippen LogP contribution in [-0.2, 0) is 105 Å². The molecular weight excluding hydrogens is 1180 g/mol. The van der Waals surface area contributed by atoms with Crippen molar-refractivity contribution >= 4 is 82.8 Å². The molecule has 3 rings (SSSR count). The number of carbonyl (C=O) groups excluding carboxylic acids is 14. The minimum atomic E-state index is -0.808. The van der Waals surface area contributed by atoms with Crippen LogP contribution < -0.4 is 31.9 Å². The molecule has 0 unspecified atom stereocenters. The first-order valence-corrected chi connectivity index (χ1v) is 30.5. The SMILES string of the molecule is O=C(CCCC(=O)NCCCOCCOCCOCCCN1C(=O)C=CC1=O)NCCCOCCOCCOCCCN(CCC(=O)NCCNC(=O)CCCC(=O)ON1C(=O)CCC1=O)CCC(=O)NCCNC(=O)CCCC(=O)ON1C(=O)CCC1=O. The zero-order valence-corrected chi connectivity index (χ0v) is 50.9. The van der Waals surface area contributed by atoms with Gasteiger partial charge in [-0.25, -0.2) is 9.59 Å². The quantitative estimate of drug-likeness (QED) is 0.0285. The molecular formula is C57H90N10O22. The maximum absolute atomic E-state index is 12.7. The van der Waals surface area contributed by atoms with Gasteiger partial charge in [0, 0.05) is 181 Å². The zero-order valence-electron chi connectivity index (χ0n) is 50.9. The third kappa shape index (κ3) is 37.3. The maximum Gasteiger partial charge on any atom is 0.333 e. The van der Waals surface area contributed by atoms with Crippen LogP contribution in [0.4, 0.5) is 0 Å². The Balaban J connectivity index is 1.16. The van der Waals surface area contributed by atoms with Crippen LogP contribution in [-0.4, -0.2) is 247 Å². The van der Waals surface area contributed by atoms with Gasteiger partial charge in [-0.05, 0) is 44.9 Å². The van der Waals surface area contributed by atoms with Gasteiger partial charge in [0.05, 0.1) is 52.9 Å². The number of hydrogen-bond donors (Lipinski definition) is 6. The Kier molecular flexibility index (Phi) is 40.6. The van der Waals surface area contributed by atoms with Crippen LogP contribution in [0.1, 0.15) is 122 Å². The molecule has 3 aliphatic rings. The molecule has 32 nitrogen and oxygen atoms in total. The Morgan fingerprint density at radius 2 is 0.629 bits per heavy atom. The molecule has 2 saturated heterocycles. The molecule has 0 atom stereocenters. The van der Waals surface area contributed by atoms with Crippen LogP contribution in [0.2, 0.25) is 0 Å². The highest BCUT2D eigenvalue weighted by Crippen LogP contribution is 2.15. The third-order valence-corrected chi connectivity index (χ3v) is 13.0. The highest BCUT2D eigenvalue weighted by Gasteiger charge is 2.34. The fourth-order valence-corrected chi connectivity index (χ4v) is 8.25. The summed E-state index contributed by atoms with van der Waals surface area (Å²) in [6.07, 6.45) is 5.60. The molecule has 3 heterocycles. The molecule has 500 valence electrons. The number of carbonyl (C=O) groups is 14. The molecule has 6 N–H and O–H groups in total. The highest BCUT2D eigenvalue weighted by molar-refractivity contribution is 6.12. The van der Waals surface area contributed by atoms with Gasteiger partial charge in [-0.2, -0.15) is 0 Å². The summed E-state index contributed by atoms with van der Waals surface area (Å²) >= 11 is 0. The summed E-state index contributed by atoms with van der Waals surface area (Å²) in [5.41, 5.74) is 0. The average molecular weight is 1270 g/mol. The first-order chi connectivity index (χ1) is 43.0. The van der Waals surface area contributed by atoms with Gasteiger partial charge in [-0.3, -0.25) is 62.4 Å². The minimum Gasteiger partial charge on any atom is -0.379 e. The van der Waals surface area contributed by atoms with Crippen molar-refractivity contribution in [1.82, 2.24) is 51.8 Å². The van der Waals surface area contributed by atoms with Crippen molar-refractivity contribution in [3.8, 4) is 0 Å². The molecule has 0 radical (unpaired) electrons. The summed E-state index contributed by atoms with van der Waals surface area (Å²) < 4.78 is 33.3. The summed E-state index contributed by atoms with van der Waals surface area (Å²) in [4.78, 5) is 180. The van der Waals surface area contributed by atoms with Gasteiger partial charge in [-0.15, -0.1) is 10.1 Å². The van der Waals surface area contributed by atoms with Crippen molar-refractivity contribution in [3.63, 3.8) is 0 Å². The van der Waals surface area contributed by atoms with Gasteiger partial charge in [0.2, 0.25) is 35.4 Å². The lowest BCUT2D eigenvalue weighted by Gasteiger charge is -2.22. The number of hydrogen-bond acceptors (Lipinski definition) is 23. The van der Waals surface area contributed by atoms with Crippen LogP contribution in [0.15, 0.2) is 12.2 Å². The molecule has 32 heteroatoms. The molecule has 3 aliphatic heterocycles. The predicted molar refractivity (Wildman–Crippen MR) is 309 cm³/mol. The monoisotopic (exact) mass is 1270 g/mol. The van der Waals surface area contributed by atoms with Gasteiger partial charge < -0.3 is 74.9 Å². The van der Waals surface area contributed by atoms with Gasteiger partial charge in [0.25, 0.3) is 35.4 Å². The second-order valence-electron chi connectivity index (χ2n) is 20.3. The van der Waals surface area contributed by atoms with E-state index in [9.17, 15) is 67.1 Å². The summed E-state index contributed by atoms with van der Waals surface area (Å²) in [5.74, 6) is -6.23. The summed E-state index contributed by atoms with van der Waals surface area (Å²) in [5, 5.41) is 17.3. The number of nitrogens with zero attached hydrogens (tertiary/aromatic N) is 4. The van der Waals surface area contributed by atoms with Gasteiger partial charge in [0.1, 0.15) is 0 Å². The smallest absolute Gasteiger partial charge is 0.333 e. The number of hydroxylamine groups is 4. The second kappa shape index (κ2) is 47.6. The lowest BCUT2D eigenvalue weighted by atomic mass is 10.2. The van der Waals surface area contributed by atoms with E-state index in [0.29, 0.717) is 161 Å². The van der Waals surface area contributed by atoms with Crippen LogP contribution in [0, 0.1) is 0 Å². The summed E-state index contributed by atoms with van der Waals surface area (Å²) in [6.45, 7) is 7.35. The van der Waals surface area contributed by atoms with E-state index in [1.54, 1.807) is 0 Å². The maximum atomic E-state index is 12.7. The Hall–Kier alpha value is -7.36. The molecule has 0 aromatic rings. The number of amides is 12. The molecule has 0 spiro atoms. The van der Waals surface area contributed by atoms with Crippen LogP contribution in [0.3, 0.4) is 0 Å². The number of imide groups is 3. The number of ether oxygens (including phenoxy) is 6. The van der Waals surface area contributed by atoms with Crippen molar-refractivity contribution < 1.29 is 105 Å². The first-order valence-electron chi connectivity index (χ1n) is 30.5. The predicted octanol–water partition coefficient (Wildman–Crippen LogP) is -1.92. The van der Waals surface area contributed by atoms with Crippen molar-refractivity contribution in [2.24, 2.45) is 0 Å². The fourth-order valence-electron chi connectivity index (χ4n) is 8.25. The largest absolute Gasteiger partial charge is 0.379 e. The summed E-state index contributed by atoms with van der Waals surface area (Å²) in [7, 11) is 0. The Labute approximate surface area is 517 Å². The van der Waals surface area contributed by atoms with Gasteiger partial charge in [0.15, 0.2) is 0 Å². The van der Waals surface area contributed by atoms with E-state index < -0.39 is 35.6 Å². The van der Waals surface area contributed by atoms with Crippen molar-refractivity contribution in [1.29, 1.82) is 0 Å². The van der Waals surface area contributed by atoms with Gasteiger partial charge in [-0.1, -0.05) is 0 Å². The molecule has 0 saturated carbocycles. The van der Waals surface area contributed by atoms with Crippen molar-refractivity contribution in [3.05, 3.63) is 12.2 Å². The molecule has 2 fully saturated rings. The van der Waals surface area contributed by atoms with E-state index >= 15 is 0 Å². The Morgan fingerprint density at radius 3 is 0.989 bits per heavy atom. The minimum absolute atomic E-state index is 0.0248. The molecule has 0 aromatic carbocycles. The highest BCUT2D eigenvalue weighted by atomic mass is 16.7. The second-order valence-corrected chi connectivity index (χ2v) is 20.3. The van der Waals surface area contributed by atoms with Gasteiger partial charge >= 0.3 is 11.9 Å². The normalized spacial score (nSPS) is 13.8.